The lowest BCUT2D eigenvalue weighted by Gasteiger charge is -2.25. The Kier molecular flexibility index (Phi) is 9.92. The molecule has 0 heterocycles. The first kappa shape index (κ1) is 20.3. The van der Waals surface area contributed by atoms with Crippen molar-refractivity contribution in [2.45, 2.75) is 47.2 Å². The normalized spacial score (nSPS) is 11.9. The molecule has 0 aliphatic heterocycles. The Hall–Kier alpha value is -1.75. The van der Waals surface area contributed by atoms with Crippen molar-refractivity contribution in [1.82, 2.24) is 15.5 Å². The summed E-state index contributed by atoms with van der Waals surface area (Å²) >= 11 is 0. The van der Waals surface area contributed by atoms with Gasteiger partial charge in [0.05, 0.1) is 13.2 Å². The minimum atomic E-state index is 0.564. The molecular formula is C19H34N4O. The molecular weight excluding hydrogens is 300 g/mol. The Balaban J connectivity index is 2.62. The van der Waals surface area contributed by atoms with Gasteiger partial charge in [0.2, 0.25) is 0 Å². The highest BCUT2D eigenvalue weighted by atomic mass is 16.5. The van der Waals surface area contributed by atoms with E-state index in [1.807, 2.05) is 25.1 Å². The van der Waals surface area contributed by atoms with E-state index in [0.717, 1.165) is 43.5 Å². The van der Waals surface area contributed by atoms with Crippen LogP contribution in [0.3, 0.4) is 0 Å². The van der Waals surface area contributed by atoms with Crippen LogP contribution in [0.1, 0.15) is 40.2 Å². The van der Waals surface area contributed by atoms with Gasteiger partial charge in [0.25, 0.3) is 0 Å². The highest BCUT2D eigenvalue weighted by molar-refractivity contribution is 5.79. The van der Waals surface area contributed by atoms with Crippen molar-refractivity contribution >= 4 is 5.96 Å². The molecule has 0 aliphatic carbocycles. The first-order chi connectivity index (χ1) is 11.6. The number of nitrogens with zero attached hydrogens (tertiary/aromatic N) is 2. The van der Waals surface area contributed by atoms with Gasteiger partial charge in [-0.15, -0.1) is 0 Å². The Morgan fingerprint density at radius 3 is 2.54 bits per heavy atom. The zero-order valence-corrected chi connectivity index (χ0v) is 15.9. The number of ether oxygens (including phenoxy) is 1. The summed E-state index contributed by atoms with van der Waals surface area (Å²) in [4.78, 5) is 7.12. The van der Waals surface area contributed by atoms with E-state index in [2.05, 4.69) is 49.3 Å². The van der Waals surface area contributed by atoms with Gasteiger partial charge in [0.15, 0.2) is 5.96 Å². The topological polar surface area (TPSA) is 48.9 Å². The van der Waals surface area contributed by atoms with Crippen LogP contribution in [0.2, 0.25) is 0 Å². The van der Waals surface area contributed by atoms with E-state index in [4.69, 9.17) is 9.73 Å². The summed E-state index contributed by atoms with van der Waals surface area (Å²) in [6.07, 6.45) is 0. The van der Waals surface area contributed by atoms with Crippen molar-refractivity contribution in [3.05, 3.63) is 29.8 Å². The molecule has 0 fully saturated rings. The fourth-order valence-corrected chi connectivity index (χ4v) is 2.54. The van der Waals surface area contributed by atoms with E-state index in [0.29, 0.717) is 19.2 Å². The molecule has 0 atom stereocenters. The van der Waals surface area contributed by atoms with Crippen LogP contribution in [0.5, 0.6) is 5.75 Å². The van der Waals surface area contributed by atoms with Gasteiger partial charge in [-0.25, -0.2) is 4.99 Å². The zero-order valence-electron chi connectivity index (χ0n) is 15.9. The largest absolute Gasteiger partial charge is 0.494 e. The van der Waals surface area contributed by atoms with Gasteiger partial charge >= 0.3 is 0 Å². The average molecular weight is 335 g/mol. The fourth-order valence-electron chi connectivity index (χ4n) is 2.54. The van der Waals surface area contributed by atoms with Crippen LogP contribution in [0.15, 0.2) is 29.3 Å². The summed E-state index contributed by atoms with van der Waals surface area (Å²) in [5.41, 5.74) is 1.11. The van der Waals surface area contributed by atoms with Crippen molar-refractivity contribution in [2.75, 3.05) is 32.8 Å². The molecule has 0 amide bonds. The van der Waals surface area contributed by atoms with Crippen LogP contribution in [0.4, 0.5) is 0 Å². The lowest BCUT2D eigenvalue weighted by atomic mass is 10.2. The molecule has 136 valence electrons. The number of aliphatic imine (C=N–C) groups is 1. The van der Waals surface area contributed by atoms with Crippen molar-refractivity contribution < 1.29 is 4.74 Å². The van der Waals surface area contributed by atoms with Crippen LogP contribution in [-0.4, -0.2) is 49.7 Å². The molecule has 0 unspecified atom stereocenters. The molecule has 0 bridgehead atoms. The molecule has 1 aromatic carbocycles. The maximum atomic E-state index is 5.67. The quantitative estimate of drug-likeness (QED) is 0.510. The lowest BCUT2D eigenvalue weighted by molar-refractivity contribution is 0.237. The van der Waals surface area contributed by atoms with Crippen LogP contribution in [0, 0.1) is 0 Å². The molecule has 0 aliphatic rings. The minimum absolute atomic E-state index is 0.564. The van der Waals surface area contributed by atoms with Crippen molar-refractivity contribution in [3.63, 3.8) is 0 Å². The minimum Gasteiger partial charge on any atom is -0.494 e. The molecule has 24 heavy (non-hydrogen) atoms. The van der Waals surface area contributed by atoms with Gasteiger partial charge < -0.3 is 15.4 Å². The molecule has 0 radical (unpaired) electrons. The summed E-state index contributed by atoms with van der Waals surface area (Å²) in [6, 6.07) is 8.64. The number of hydrogen-bond acceptors (Lipinski definition) is 3. The summed E-state index contributed by atoms with van der Waals surface area (Å²) in [7, 11) is 0. The predicted octanol–water partition coefficient (Wildman–Crippen LogP) is 2.87. The molecule has 0 spiro atoms. The predicted molar refractivity (Wildman–Crippen MR) is 103 cm³/mol. The van der Waals surface area contributed by atoms with Crippen LogP contribution >= 0.6 is 0 Å². The molecule has 0 saturated carbocycles. The van der Waals surface area contributed by atoms with Gasteiger partial charge in [-0.2, -0.15) is 0 Å². The Morgan fingerprint density at radius 2 is 1.92 bits per heavy atom. The monoisotopic (exact) mass is 334 g/mol. The second-order valence-corrected chi connectivity index (χ2v) is 5.89. The summed E-state index contributed by atoms with van der Waals surface area (Å²) in [5.74, 6) is 1.76. The summed E-state index contributed by atoms with van der Waals surface area (Å²) < 4.78 is 5.67. The molecule has 0 saturated heterocycles. The van der Waals surface area contributed by atoms with Gasteiger partial charge in [-0.1, -0.05) is 25.1 Å². The Bertz CT molecular complexity index is 488. The molecule has 5 heteroatoms. The molecule has 5 nitrogen and oxygen atoms in total. The second-order valence-electron chi connectivity index (χ2n) is 5.89. The third kappa shape index (κ3) is 7.21. The van der Waals surface area contributed by atoms with E-state index in [1.54, 1.807) is 0 Å². The van der Waals surface area contributed by atoms with E-state index >= 15 is 0 Å². The van der Waals surface area contributed by atoms with Crippen LogP contribution in [-0.2, 0) is 6.54 Å². The standard InChI is InChI=1S/C19H34N4O/c1-6-20-19(21-13-14-23(7-2)16(4)5)22-15-17-11-9-10-12-18(17)24-8-3/h9-12,16H,6-8,13-15H2,1-5H3,(H2,20,21,22). The first-order valence-corrected chi connectivity index (χ1v) is 9.09. The molecule has 1 rings (SSSR count). The van der Waals surface area contributed by atoms with Crippen molar-refractivity contribution in [3.8, 4) is 5.75 Å². The SMILES string of the molecule is CCNC(=NCc1ccccc1OCC)NCCN(CC)C(C)C. The zero-order chi connectivity index (χ0) is 17.8. The first-order valence-electron chi connectivity index (χ1n) is 9.09. The number of hydrogen-bond donors (Lipinski definition) is 2. The molecule has 0 aromatic heterocycles. The third-order valence-electron chi connectivity index (χ3n) is 3.85. The average Bonchev–Trinajstić information content (AvgIpc) is 2.57. The molecule has 2 N–H and O–H groups in total. The number of rotatable bonds is 10. The second kappa shape index (κ2) is 11.7. The van der Waals surface area contributed by atoms with Gasteiger partial charge in [-0.05, 0) is 40.3 Å². The number of para-hydroxylation sites is 1. The van der Waals surface area contributed by atoms with Gasteiger partial charge in [0, 0.05) is 31.2 Å². The number of nitrogens with one attached hydrogen (secondary N) is 2. The maximum absolute atomic E-state index is 5.67. The fraction of sp³-hybridized carbons (Fsp3) is 0.632. The third-order valence-corrected chi connectivity index (χ3v) is 3.85. The van der Waals surface area contributed by atoms with Gasteiger partial charge in [-0.3, -0.25) is 4.90 Å². The molecule has 1 aromatic rings. The Morgan fingerprint density at radius 1 is 1.17 bits per heavy atom. The van der Waals surface area contributed by atoms with Crippen LogP contribution < -0.4 is 15.4 Å². The van der Waals surface area contributed by atoms with Gasteiger partial charge in [0.1, 0.15) is 5.75 Å². The lowest BCUT2D eigenvalue weighted by Crippen LogP contribution is -2.43. The Labute approximate surface area is 147 Å². The summed E-state index contributed by atoms with van der Waals surface area (Å²) in [6.45, 7) is 15.8. The van der Waals surface area contributed by atoms with E-state index in [-0.39, 0.29) is 0 Å². The maximum Gasteiger partial charge on any atom is 0.191 e. The van der Waals surface area contributed by atoms with E-state index < -0.39 is 0 Å². The highest BCUT2D eigenvalue weighted by Gasteiger charge is 2.07. The van der Waals surface area contributed by atoms with E-state index in [9.17, 15) is 0 Å². The van der Waals surface area contributed by atoms with Crippen molar-refractivity contribution in [2.24, 2.45) is 4.99 Å². The number of guanidine groups is 1. The number of likely N-dealkylation sites (N-methyl/N-ethyl adjacent to an activating group) is 1. The van der Waals surface area contributed by atoms with Crippen LogP contribution in [0.25, 0.3) is 0 Å². The number of benzene rings is 1. The summed E-state index contributed by atoms with van der Waals surface area (Å²) in [5, 5.41) is 6.72. The van der Waals surface area contributed by atoms with E-state index in [1.165, 1.54) is 0 Å². The smallest absolute Gasteiger partial charge is 0.191 e. The highest BCUT2D eigenvalue weighted by Crippen LogP contribution is 2.18. The van der Waals surface area contributed by atoms with Crippen molar-refractivity contribution in [1.29, 1.82) is 0 Å².